The molecule has 2 N–H and O–H groups in total. The summed E-state index contributed by atoms with van der Waals surface area (Å²) in [6.45, 7) is 6.87. The first-order chi connectivity index (χ1) is 7.07. The van der Waals surface area contributed by atoms with Gasteiger partial charge in [0.2, 0.25) is 0 Å². The van der Waals surface area contributed by atoms with Crippen LogP contribution in [0.15, 0.2) is 12.3 Å². The Bertz CT molecular complexity index is 353. The molecule has 1 aromatic rings. The maximum absolute atomic E-state index is 6.11. The van der Waals surface area contributed by atoms with Crippen LogP contribution in [-0.2, 0) is 0 Å². The van der Waals surface area contributed by atoms with E-state index in [1.54, 1.807) is 6.20 Å². The maximum Gasteiger partial charge on any atom is 0.0862 e. The highest BCUT2D eigenvalue weighted by Gasteiger charge is 2.12. The molecule has 4 heteroatoms. The normalized spacial score (nSPS) is 12.5. The third kappa shape index (κ3) is 2.83. The van der Waals surface area contributed by atoms with E-state index in [0.29, 0.717) is 17.6 Å². The number of allylic oxidation sites excluding steroid dienone is 1. The predicted octanol–water partition coefficient (Wildman–Crippen LogP) is 2.87. The predicted molar refractivity (Wildman–Crippen MR) is 64.9 cm³/mol. The van der Waals surface area contributed by atoms with Crippen molar-refractivity contribution in [3.63, 3.8) is 0 Å². The number of rotatable bonds is 4. The van der Waals surface area contributed by atoms with Crippen LogP contribution in [0.2, 0.25) is 5.02 Å². The van der Waals surface area contributed by atoms with Crippen LogP contribution in [-0.4, -0.2) is 16.3 Å². The Morgan fingerprint density at radius 3 is 2.87 bits per heavy atom. The zero-order chi connectivity index (χ0) is 11.4. The van der Waals surface area contributed by atoms with Gasteiger partial charge in [0.25, 0.3) is 0 Å². The summed E-state index contributed by atoms with van der Waals surface area (Å²) >= 11 is 6.11. The Labute approximate surface area is 95.9 Å². The van der Waals surface area contributed by atoms with Gasteiger partial charge in [-0.25, -0.2) is 0 Å². The molecule has 84 valence electrons. The van der Waals surface area contributed by atoms with Crippen LogP contribution >= 0.6 is 11.6 Å². The molecule has 15 heavy (non-hydrogen) atoms. The van der Waals surface area contributed by atoms with E-state index in [0.717, 1.165) is 17.7 Å². The first-order valence-corrected chi connectivity index (χ1v) is 5.56. The zero-order valence-corrected chi connectivity index (χ0v) is 10.3. The molecule has 1 heterocycles. The van der Waals surface area contributed by atoms with Gasteiger partial charge >= 0.3 is 0 Å². The van der Waals surface area contributed by atoms with Gasteiger partial charge in [-0.2, -0.15) is 5.10 Å². The molecule has 0 atom stereocenters. The first kappa shape index (κ1) is 12.3. The summed E-state index contributed by atoms with van der Waals surface area (Å²) in [7, 11) is 0. The van der Waals surface area contributed by atoms with E-state index >= 15 is 0 Å². The second-order valence-corrected chi connectivity index (χ2v) is 4.25. The van der Waals surface area contributed by atoms with Crippen LogP contribution in [0, 0.1) is 0 Å². The van der Waals surface area contributed by atoms with Crippen LogP contribution in [0.1, 0.15) is 38.9 Å². The maximum atomic E-state index is 6.11. The fourth-order valence-electron chi connectivity index (χ4n) is 1.50. The van der Waals surface area contributed by atoms with Gasteiger partial charge in [-0.3, -0.25) is 4.68 Å². The van der Waals surface area contributed by atoms with Crippen molar-refractivity contribution in [2.75, 3.05) is 6.54 Å². The van der Waals surface area contributed by atoms with Crippen molar-refractivity contribution in [3.05, 3.63) is 23.0 Å². The zero-order valence-electron chi connectivity index (χ0n) is 9.50. The van der Waals surface area contributed by atoms with Gasteiger partial charge in [-0.15, -0.1) is 0 Å². The summed E-state index contributed by atoms with van der Waals surface area (Å²) in [6.07, 6.45) is 4.66. The Kier molecular flexibility index (Phi) is 4.36. The number of nitrogens with two attached hydrogens (primary N) is 1. The smallest absolute Gasteiger partial charge is 0.0862 e. The van der Waals surface area contributed by atoms with Gasteiger partial charge in [-0.1, -0.05) is 17.7 Å². The van der Waals surface area contributed by atoms with Crippen molar-refractivity contribution in [1.29, 1.82) is 0 Å². The van der Waals surface area contributed by atoms with Gasteiger partial charge in [-0.05, 0) is 39.3 Å². The van der Waals surface area contributed by atoms with Crippen molar-refractivity contribution in [1.82, 2.24) is 9.78 Å². The summed E-state index contributed by atoms with van der Waals surface area (Å²) in [4.78, 5) is 0. The van der Waals surface area contributed by atoms with Crippen LogP contribution < -0.4 is 5.73 Å². The van der Waals surface area contributed by atoms with Crippen molar-refractivity contribution in [2.24, 2.45) is 5.73 Å². The quantitative estimate of drug-likeness (QED) is 0.860. The van der Waals surface area contributed by atoms with E-state index in [9.17, 15) is 0 Å². The third-order valence-electron chi connectivity index (χ3n) is 2.23. The van der Waals surface area contributed by atoms with Gasteiger partial charge in [0.15, 0.2) is 0 Å². The molecule has 1 rings (SSSR count). The average Bonchev–Trinajstić information content (AvgIpc) is 2.56. The highest BCUT2D eigenvalue weighted by Crippen LogP contribution is 2.26. The van der Waals surface area contributed by atoms with Gasteiger partial charge < -0.3 is 5.73 Å². The highest BCUT2D eigenvalue weighted by atomic mass is 35.5. The molecule has 0 spiro atoms. The lowest BCUT2D eigenvalue weighted by molar-refractivity contribution is 0.527. The molecular formula is C11H18ClN3. The average molecular weight is 228 g/mol. The molecule has 0 fully saturated rings. The first-order valence-electron chi connectivity index (χ1n) is 5.18. The minimum Gasteiger partial charge on any atom is -0.330 e. The minimum absolute atomic E-state index is 0.314. The molecule has 0 amide bonds. The standard InChI is InChI=1S/C11H18ClN3/c1-8(2)15-11(10(12)7-14-15)9(3)5-4-6-13/h5,7-8H,4,6,13H2,1-3H3. The molecular weight excluding hydrogens is 210 g/mol. The van der Waals surface area contributed by atoms with Crippen molar-refractivity contribution in [3.8, 4) is 0 Å². The van der Waals surface area contributed by atoms with E-state index in [2.05, 4.69) is 25.0 Å². The fraction of sp³-hybridized carbons (Fsp3) is 0.545. The Balaban J connectivity index is 3.06. The lowest BCUT2D eigenvalue weighted by atomic mass is 10.1. The SMILES string of the molecule is CC(=CCCN)c1c(Cl)cnn1C(C)C. The molecule has 1 aromatic heterocycles. The van der Waals surface area contributed by atoms with Gasteiger partial charge in [0, 0.05) is 6.04 Å². The van der Waals surface area contributed by atoms with Crippen LogP contribution in [0.4, 0.5) is 0 Å². The van der Waals surface area contributed by atoms with Crippen molar-refractivity contribution >= 4 is 17.2 Å². The van der Waals surface area contributed by atoms with Crippen LogP contribution in [0.25, 0.3) is 5.57 Å². The molecule has 0 aliphatic carbocycles. The summed E-state index contributed by atoms with van der Waals surface area (Å²) < 4.78 is 1.94. The summed E-state index contributed by atoms with van der Waals surface area (Å²) in [6, 6.07) is 0.314. The van der Waals surface area contributed by atoms with E-state index in [1.807, 2.05) is 11.6 Å². The molecule has 0 radical (unpaired) electrons. The Morgan fingerprint density at radius 2 is 2.33 bits per heavy atom. The molecule has 0 unspecified atom stereocenters. The Hall–Kier alpha value is -0.800. The third-order valence-corrected chi connectivity index (χ3v) is 2.51. The molecule has 0 saturated carbocycles. The number of aromatic nitrogens is 2. The van der Waals surface area contributed by atoms with E-state index in [4.69, 9.17) is 17.3 Å². The van der Waals surface area contributed by atoms with Gasteiger partial charge in [0.05, 0.1) is 16.9 Å². The second kappa shape index (κ2) is 5.33. The number of nitrogens with zero attached hydrogens (tertiary/aromatic N) is 2. The number of halogens is 1. The minimum atomic E-state index is 0.314. The Morgan fingerprint density at radius 1 is 1.67 bits per heavy atom. The lowest BCUT2D eigenvalue weighted by Crippen LogP contribution is -2.06. The van der Waals surface area contributed by atoms with Crippen molar-refractivity contribution in [2.45, 2.75) is 33.2 Å². The second-order valence-electron chi connectivity index (χ2n) is 3.84. The monoisotopic (exact) mass is 227 g/mol. The van der Waals surface area contributed by atoms with E-state index in [1.165, 1.54) is 0 Å². The molecule has 0 aliphatic rings. The van der Waals surface area contributed by atoms with Crippen molar-refractivity contribution < 1.29 is 0 Å². The number of hydrogen-bond donors (Lipinski definition) is 1. The summed E-state index contributed by atoms with van der Waals surface area (Å²) in [5.74, 6) is 0. The van der Waals surface area contributed by atoms with E-state index in [-0.39, 0.29) is 0 Å². The summed E-state index contributed by atoms with van der Waals surface area (Å²) in [5.41, 5.74) is 7.60. The lowest BCUT2D eigenvalue weighted by Gasteiger charge is -2.11. The molecule has 3 nitrogen and oxygen atoms in total. The summed E-state index contributed by atoms with van der Waals surface area (Å²) in [5, 5.41) is 4.96. The molecule has 0 saturated heterocycles. The van der Waals surface area contributed by atoms with Crippen LogP contribution in [0.3, 0.4) is 0 Å². The fourth-order valence-corrected chi connectivity index (χ4v) is 1.78. The molecule has 0 aliphatic heterocycles. The van der Waals surface area contributed by atoms with E-state index < -0.39 is 0 Å². The van der Waals surface area contributed by atoms with Crippen LogP contribution in [0.5, 0.6) is 0 Å². The van der Waals surface area contributed by atoms with Gasteiger partial charge in [0.1, 0.15) is 0 Å². The largest absolute Gasteiger partial charge is 0.330 e. The molecule has 0 aromatic carbocycles. The highest BCUT2D eigenvalue weighted by molar-refractivity contribution is 6.32. The topological polar surface area (TPSA) is 43.8 Å². The molecule has 0 bridgehead atoms. The number of hydrogen-bond acceptors (Lipinski definition) is 2.